The van der Waals surface area contributed by atoms with Crippen molar-refractivity contribution < 1.29 is 14.7 Å². The molecule has 1 aromatic carbocycles. The number of carbonyl (C=O) groups is 2. The molecule has 0 atom stereocenters. The average molecular weight is 272 g/mol. The van der Waals surface area contributed by atoms with Crippen LogP contribution >= 0.6 is 0 Å². The van der Waals surface area contributed by atoms with Gasteiger partial charge in [-0.25, -0.2) is 4.79 Å². The van der Waals surface area contributed by atoms with Crippen LogP contribution in [0, 0.1) is 18.3 Å². The molecular weight excluding hydrogens is 256 g/mol. The van der Waals surface area contributed by atoms with Crippen molar-refractivity contribution in [1.29, 1.82) is 5.26 Å². The minimum atomic E-state index is -1.04. The first-order valence-electron chi connectivity index (χ1n) is 6.09. The van der Waals surface area contributed by atoms with Crippen molar-refractivity contribution in [1.82, 2.24) is 4.90 Å². The summed E-state index contributed by atoms with van der Waals surface area (Å²) < 4.78 is 0. The Labute approximate surface area is 117 Å². The minimum Gasteiger partial charge on any atom is -0.478 e. The number of rotatable bonds is 5. The monoisotopic (exact) mass is 272 g/mol. The maximum absolute atomic E-state index is 12.2. The highest BCUT2D eigenvalue weighted by atomic mass is 16.4. The van der Waals surface area contributed by atoms with Crippen molar-refractivity contribution in [3.05, 3.63) is 41.0 Å². The van der Waals surface area contributed by atoms with Gasteiger partial charge in [0.1, 0.15) is 0 Å². The summed E-state index contributed by atoms with van der Waals surface area (Å²) in [6.45, 7) is 2.20. The summed E-state index contributed by atoms with van der Waals surface area (Å²) >= 11 is 0. The average Bonchev–Trinajstić information content (AvgIpc) is 2.41. The molecular formula is C15H16N2O3. The third kappa shape index (κ3) is 4.58. The van der Waals surface area contributed by atoms with Crippen LogP contribution in [0.1, 0.15) is 27.9 Å². The summed E-state index contributed by atoms with van der Waals surface area (Å²) in [6, 6.07) is 7.16. The van der Waals surface area contributed by atoms with Gasteiger partial charge in [-0.2, -0.15) is 5.26 Å². The number of nitriles is 1. The van der Waals surface area contributed by atoms with E-state index >= 15 is 0 Å². The van der Waals surface area contributed by atoms with Gasteiger partial charge in [0.25, 0.3) is 5.91 Å². The Bertz CT molecular complexity index is 585. The van der Waals surface area contributed by atoms with Gasteiger partial charge in [-0.15, -0.1) is 0 Å². The van der Waals surface area contributed by atoms with E-state index in [2.05, 4.69) is 0 Å². The molecule has 1 amide bonds. The third-order valence-electron chi connectivity index (χ3n) is 2.67. The summed E-state index contributed by atoms with van der Waals surface area (Å²) in [4.78, 5) is 24.2. The number of nitrogens with zero attached hydrogens (tertiary/aromatic N) is 2. The maximum atomic E-state index is 12.2. The zero-order valence-electron chi connectivity index (χ0n) is 11.5. The lowest BCUT2D eigenvalue weighted by molar-refractivity contribution is -0.131. The molecule has 1 N–H and O–H groups in total. The normalized spacial score (nSPS) is 10.2. The lowest BCUT2D eigenvalue weighted by Crippen LogP contribution is -2.27. The Morgan fingerprint density at radius 3 is 2.70 bits per heavy atom. The molecule has 5 heteroatoms. The van der Waals surface area contributed by atoms with Gasteiger partial charge >= 0.3 is 5.97 Å². The molecule has 1 aromatic rings. The van der Waals surface area contributed by atoms with Crippen LogP contribution in [0.15, 0.2) is 24.3 Å². The molecule has 0 aliphatic heterocycles. The number of carboxylic acid groups (broad SMARTS) is 1. The number of hydrogen-bond acceptors (Lipinski definition) is 3. The number of aliphatic carboxylic acids is 1. The summed E-state index contributed by atoms with van der Waals surface area (Å²) in [5.74, 6) is -1.22. The standard InChI is InChI=1S/C15H16N2O3/c1-11-8-12(4-5-14(18)19)10-13(9-11)15(20)17(2)7-3-6-16/h4-5,8-10H,3,7H2,1-2H3,(H,18,19)/b5-4+. The van der Waals surface area contributed by atoms with Crippen molar-refractivity contribution in [2.75, 3.05) is 13.6 Å². The molecule has 0 aliphatic rings. The van der Waals surface area contributed by atoms with E-state index in [1.807, 2.05) is 13.0 Å². The zero-order chi connectivity index (χ0) is 15.1. The van der Waals surface area contributed by atoms with E-state index in [0.717, 1.165) is 11.6 Å². The quantitative estimate of drug-likeness (QED) is 0.832. The Balaban J connectivity index is 2.98. The molecule has 5 nitrogen and oxygen atoms in total. The molecule has 20 heavy (non-hydrogen) atoms. The Morgan fingerprint density at radius 2 is 2.10 bits per heavy atom. The molecule has 0 radical (unpaired) electrons. The van der Waals surface area contributed by atoms with Crippen molar-refractivity contribution >= 4 is 18.0 Å². The fourth-order valence-electron chi connectivity index (χ4n) is 1.74. The largest absolute Gasteiger partial charge is 0.478 e. The van der Waals surface area contributed by atoms with Gasteiger partial charge in [0.15, 0.2) is 0 Å². The molecule has 104 valence electrons. The summed E-state index contributed by atoms with van der Waals surface area (Å²) in [5.41, 5.74) is 2.01. The van der Waals surface area contributed by atoms with Crippen LogP contribution in [0.2, 0.25) is 0 Å². The number of carbonyl (C=O) groups excluding carboxylic acids is 1. The third-order valence-corrected chi connectivity index (χ3v) is 2.67. The first-order valence-corrected chi connectivity index (χ1v) is 6.09. The molecule has 0 saturated carbocycles. The van der Waals surface area contributed by atoms with Gasteiger partial charge in [-0.05, 0) is 36.3 Å². The van der Waals surface area contributed by atoms with Gasteiger partial charge in [0.2, 0.25) is 0 Å². The fourth-order valence-corrected chi connectivity index (χ4v) is 1.74. The van der Waals surface area contributed by atoms with Crippen molar-refractivity contribution in [3.8, 4) is 6.07 Å². The van der Waals surface area contributed by atoms with Gasteiger partial charge < -0.3 is 10.0 Å². The van der Waals surface area contributed by atoms with E-state index in [4.69, 9.17) is 10.4 Å². The molecule has 0 heterocycles. The van der Waals surface area contributed by atoms with Gasteiger partial charge in [-0.1, -0.05) is 6.07 Å². The topological polar surface area (TPSA) is 81.4 Å². The van der Waals surface area contributed by atoms with Gasteiger partial charge in [-0.3, -0.25) is 4.79 Å². The molecule has 0 unspecified atom stereocenters. The predicted molar refractivity (Wildman–Crippen MR) is 75.0 cm³/mol. The lowest BCUT2D eigenvalue weighted by Gasteiger charge is -2.16. The highest BCUT2D eigenvalue weighted by Crippen LogP contribution is 2.13. The highest BCUT2D eigenvalue weighted by Gasteiger charge is 2.12. The molecule has 0 aliphatic carbocycles. The maximum Gasteiger partial charge on any atom is 0.328 e. The van der Waals surface area contributed by atoms with E-state index in [1.165, 1.54) is 11.0 Å². The van der Waals surface area contributed by atoms with E-state index in [1.54, 1.807) is 25.2 Å². The van der Waals surface area contributed by atoms with Crippen LogP contribution in [0.5, 0.6) is 0 Å². The highest BCUT2D eigenvalue weighted by molar-refractivity contribution is 5.95. The summed E-state index contributed by atoms with van der Waals surface area (Å²) in [7, 11) is 1.63. The van der Waals surface area contributed by atoms with E-state index in [9.17, 15) is 9.59 Å². The molecule has 0 fully saturated rings. The van der Waals surface area contributed by atoms with Crippen molar-refractivity contribution in [2.24, 2.45) is 0 Å². The lowest BCUT2D eigenvalue weighted by atomic mass is 10.0. The van der Waals surface area contributed by atoms with Crippen LogP contribution < -0.4 is 0 Å². The van der Waals surface area contributed by atoms with Crippen LogP contribution in [0.4, 0.5) is 0 Å². The number of hydrogen-bond donors (Lipinski definition) is 1. The SMILES string of the molecule is Cc1cc(/C=C/C(=O)O)cc(C(=O)N(C)CCC#N)c1. The Hall–Kier alpha value is -2.61. The Kier molecular flexibility index (Phi) is 5.48. The second kappa shape index (κ2) is 7.10. The zero-order valence-corrected chi connectivity index (χ0v) is 11.5. The molecule has 0 saturated heterocycles. The number of amides is 1. The van der Waals surface area contributed by atoms with Crippen molar-refractivity contribution in [3.63, 3.8) is 0 Å². The van der Waals surface area contributed by atoms with E-state index in [0.29, 0.717) is 17.7 Å². The number of aryl methyl sites for hydroxylation is 1. The first-order chi connectivity index (χ1) is 9.43. The Morgan fingerprint density at radius 1 is 1.40 bits per heavy atom. The smallest absolute Gasteiger partial charge is 0.328 e. The minimum absolute atomic E-state index is 0.186. The van der Waals surface area contributed by atoms with E-state index in [-0.39, 0.29) is 12.3 Å². The molecule has 1 rings (SSSR count). The number of benzene rings is 1. The molecule has 0 spiro atoms. The second-order valence-corrected chi connectivity index (χ2v) is 4.44. The fraction of sp³-hybridized carbons (Fsp3) is 0.267. The summed E-state index contributed by atoms with van der Waals surface area (Å²) in [5, 5.41) is 17.1. The van der Waals surface area contributed by atoms with E-state index < -0.39 is 5.97 Å². The first kappa shape index (κ1) is 15.4. The van der Waals surface area contributed by atoms with Crippen LogP contribution in [-0.2, 0) is 4.79 Å². The van der Waals surface area contributed by atoms with Gasteiger partial charge in [0, 0.05) is 25.2 Å². The van der Waals surface area contributed by atoms with Crippen LogP contribution in [-0.4, -0.2) is 35.5 Å². The van der Waals surface area contributed by atoms with Crippen LogP contribution in [0.25, 0.3) is 6.08 Å². The van der Waals surface area contributed by atoms with Crippen molar-refractivity contribution in [2.45, 2.75) is 13.3 Å². The van der Waals surface area contributed by atoms with Gasteiger partial charge in [0.05, 0.1) is 12.5 Å². The van der Waals surface area contributed by atoms with Crippen LogP contribution in [0.3, 0.4) is 0 Å². The second-order valence-electron chi connectivity index (χ2n) is 4.44. The molecule has 0 aromatic heterocycles. The molecule has 0 bridgehead atoms. The predicted octanol–water partition coefficient (Wildman–Crippen LogP) is 2.08. The number of carboxylic acids is 1. The summed E-state index contributed by atoms with van der Waals surface area (Å²) in [6.07, 6.45) is 2.75.